The van der Waals surface area contributed by atoms with Gasteiger partial charge >= 0.3 is 0 Å². The normalized spacial score (nSPS) is 20.2. The smallest absolute Gasteiger partial charge is 0.241 e. The summed E-state index contributed by atoms with van der Waals surface area (Å²) in [6.07, 6.45) is 1.79. The van der Waals surface area contributed by atoms with Crippen molar-refractivity contribution < 1.29 is 8.42 Å². The molecule has 2 N–H and O–H groups in total. The highest BCUT2D eigenvalue weighted by Gasteiger charge is 2.41. The number of nitrogens with zero attached hydrogens (tertiary/aromatic N) is 2. The lowest BCUT2D eigenvalue weighted by atomic mass is 10.0. The zero-order valence-corrected chi connectivity index (χ0v) is 21.5. The van der Waals surface area contributed by atoms with Gasteiger partial charge in [-0.2, -0.15) is 0 Å². The van der Waals surface area contributed by atoms with Gasteiger partial charge in [-0.25, -0.2) is 13.1 Å². The van der Waals surface area contributed by atoms with Crippen molar-refractivity contribution in [2.75, 3.05) is 32.7 Å². The molecule has 1 aliphatic heterocycles. The summed E-state index contributed by atoms with van der Waals surface area (Å²) < 4.78 is 29.9. The lowest BCUT2D eigenvalue weighted by molar-refractivity contribution is 0.116. The van der Waals surface area contributed by atoms with Gasteiger partial charge in [0.15, 0.2) is 5.11 Å². The molecule has 182 valence electrons. The average molecular weight is 527 g/mol. The molecule has 1 saturated heterocycles. The van der Waals surface area contributed by atoms with Crippen LogP contribution in [-0.2, 0) is 10.0 Å². The standard InChI is InChI=1S/C26H27ClN4O2S2/c1-2-13-28-26(34)31-16-14-30(15-17-31)25-22-8-4-6-18-5-3-7-21(23(18)22)24(25)29-35(32,33)20-11-9-19(27)10-12-20/h2-12,24-25,29H,1,13-17H2,(H,28,34). The van der Waals surface area contributed by atoms with E-state index in [2.05, 4.69) is 50.7 Å². The van der Waals surface area contributed by atoms with Crippen LogP contribution in [-0.4, -0.2) is 56.1 Å². The molecule has 3 aromatic rings. The molecule has 0 bridgehead atoms. The van der Waals surface area contributed by atoms with Gasteiger partial charge in [0.05, 0.1) is 17.0 Å². The van der Waals surface area contributed by atoms with Gasteiger partial charge in [0, 0.05) is 37.7 Å². The van der Waals surface area contributed by atoms with Gasteiger partial charge in [0.1, 0.15) is 0 Å². The maximum absolute atomic E-state index is 13.4. The molecule has 0 saturated carbocycles. The SMILES string of the molecule is C=CCNC(=S)N1CCN(C2c3cccc4cccc(c34)C2NS(=O)(=O)c2ccc(Cl)cc2)CC1. The summed E-state index contributed by atoms with van der Waals surface area (Å²) in [5, 5.41) is 6.67. The second kappa shape index (κ2) is 9.87. The van der Waals surface area contributed by atoms with E-state index in [4.69, 9.17) is 23.8 Å². The Morgan fingerprint density at radius 1 is 1.03 bits per heavy atom. The topological polar surface area (TPSA) is 64.7 Å². The fourth-order valence-corrected chi connectivity index (χ4v) is 6.73. The molecule has 1 aliphatic carbocycles. The minimum atomic E-state index is -3.77. The monoisotopic (exact) mass is 526 g/mol. The van der Waals surface area contributed by atoms with Gasteiger partial charge < -0.3 is 10.2 Å². The Kier molecular flexibility index (Phi) is 6.83. The number of hydrogen-bond donors (Lipinski definition) is 2. The predicted octanol–water partition coefficient (Wildman–Crippen LogP) is 4.25. The van der Waals surface area contributed by atoms with E-state index in [1.165, 1.54) is 12.1 Å². The Morgan fingerprint density at radius 3 is 2.34 bits per heavy atom. The lowest BCUT2D eigenvalue weighted by Crippen LogP contribution is -2.53. The minimum absolute atomic E-state index is 0.116. The first-order chi connectivity index (χ1) is 16.9. The summed E-state index contributed by atoms with van der Waals surface area (Å²) in [6.45, 7) is 7.43. The van der Waals surface area contributed by atoms with Crippen LogP contribution in [0.2, 0.25) is 5.02 Å². The molecule has 3 aromatic carbocycles. The third kappa shape index (κ3) is 4.69. The third-order valence-electron chi connectivity index (χ3n) is 6.74. The van der Waals surface area contributed by atoms with Gasteiger partial charge in [-0.3, -0.25) is 4.90 Å². The molecule has 1 fully saturated rings. The molecule has 0 amide bonds. The maximum Gasteiger partial charge on any atom is 0.241 e. The molecule has 0 spiro atoms. The van der Waals surface area contributed by atoms with E-state index in [0.717, 1.165) is 53.2 Å². The van der Waals surface area contributed by atoms with Crippen molar-refractivity contribution in [3.05, 3.63) is 89.5 Å². The van der Waals surface area contributed by atoms with E-state index in [9.17, 15) is 8.42 Å². The van der Waals surface area contributed by atoms with E-state index in [1.54, 1.807) is 18.2 Å². The van der Waals surface area contributed by atoms with Gasteiger partial charge in [-0.15, -0.1) is 6.58 Å². The van der Waals surface area contributed by atoms with Crippen LogP contribution >= 0.6 is 23.8 Å². The molecule has 35 heavy (non-hydrogen) atoms. The van der Waals surface area contributed by atoms with Crippen LogP contribution in [0.3, 0.4) is 0 Å². The van der Waals surface area contributed by atoms with Gasteiger partial charge in [-0.1, -0.05) is 54.1 Å². The molecule has 0 radical (unpaired) electrons. The van der Waals surface area contributed by atoms with Crippen molar-refractivity contribution in [2.45, 2.75) is 17.0 Å². The number of benzene rings is 3. The number of rotatable bonds is 6. The summed E-state index contributed by atoms with van der Waals surface area (Å²) >= 11 is 11.5. The van der Waals surface area contributed by atoms with E-state index >= 15 is 0 Å². The van der Waals surface area contributed by atoms with E-state index in [0.29, 0.717) is 11.6 Å². The highest BCUT2D eigenvalue weighted by molar-refractivity contribution is 7.89. The van der Waals surface area contributed by atoms with Crippen LogP contribution < -0.4 is 10.0 Å². The molecule has 2 atom stereocenters. The second-order valence-corrected chi connectivity index (χ2v) is 11.3. The summed E-state index contributed by atoms with van der Waals surface area (Å²) in [6, 6.07) is 18.1. The number of nitrogens with one attached hydrogen (secondary N) is 2. The van der Waals surface area contributed by atoms with Crippen LogP contribution in [0, 0.1) is 0 Å². The molecule has 6 nitrogen and oxygen atoms in total. The summed E-state index contributed by atoms with van der Waals surface area (Å²) in [4.78, 5) is 4.73. The molecule has 5 rings (SSSR count). The summed E-state index contributed by atoms with van der Waals surface area (Å²) in [5.41, 5.74) is 2.16. The summed E-state index contributed by atoms with van der Waals surface area (Å²) in [7, 11) is -3.77. The van der Waals surface area contributed by atoms with Crippen molar-refractivity contribution in [1.82, 2.24) is 19.8 Å². The zero-order valence-electron chi connectivity index (χ0n) is 19.2. The van der Waals surface area contributed by atoms with Crippen LogP contribution in [0.1, 0.15) is 23.2 Å². The largest absolute Gasteiger partial charge is 0.359 e. The van der Waals surface area contributed by atoms with Crippen LogP contribution in [0.5, 0.6) is 0 Å². The Hall–Kier alpha value is -2.49. The number of thiocarbonyl (C=S) groups is 1. The van der Waals surface area contributed by atoms with Gasteiger partial charge in [-0.05, 0) is 58.4 Å². The first-order valence-electron chi connectivity index (χ1n) is 11.6. The Morgan fingerprint density at radius 2 is 1.69 bits per heavy atom. The van der Waals surface area contributed by atoms with E-state index in [-0.39, 0.29) is 10.9 Å². The Labute approximate surface area is 216 Å². The van der Waals surface area contributed by atoms with Crippen LogP contribution in [0.4, 0.5) is 0 Å². The van der Waals surface area contributed by atoms with E-state index in [1.807, 2.05) is 12.1 Å². The molecule has 0 aromatic heterocycles. The van der Waals surface area contributed by atoms with Crippen LogP contribution in [0.25, 0.3) is 10.8 Å². The first-order valence-corrected chi connectivity index (χ1v) is 13.8. The maximum atomic E-state index is 13.4. The Bertz CT molecular complexity index is 1360. The fraction of sp³-hybridized carbons (Fsp3) is 0.269. The highest BCUT2D eigenvalue weighted by Crippen LogP contribution is 2.47. The minimum Gasteiger partial charge on any atom is -0.359 e. The molecule has 2 aliphatic rings. The Balaban J connectivity index is 1.46. The molecular formula is C26H27ClN4O2S2. The fourth-order valence-electron chi connectivity index (χ4n) is 5.11. The number of hydrogen-bond acceptors (Lipinski definition) is 4. The molecule has 1 heterocycles. The lowest BCUT2D eigenvalue weighted by Gasteiger charge is -2.41. The number of halogens is 1. The van der Waals surface area contributed by atoms with Crippen molar-refractivity contribution in [3.8, 4) is 0 Å². The molecule has 2 unspecified atom stereocenters. The van der Waals surface area contributed by atoms with Crippen molar-refractivity contribution in [3.63, 3.8) is 0 Å². The second-order valence-electron chi connectivity index (χ2n) is 8.79. The van der Waals surface area contributed by atoms with E-state index < -0.39 is 16.1 Å². The number of piperazine rings is 1. The predicted molar refractivity (Wildman–Crippen MR) is 145 cm³/mol. The van der Waals surface area contributed by atoms with Crippen molar-refractivity contribution in [2.24, 2.45) is 0 Å². The zero-order chi connectivity index (χ0) is 24.6. The first kappa shape index (κ1) is 24.2. The van der Waals surface area contributed by atoms with Gasteiger partial charge in [0.25, 0.3) is 0 Å². The molecular weight excluding hydrogens is 500 g/mol. The quantitative estimate of drug-likeness (QED) is 0.370. The summed E-state index contributed by atoms with van der Waals surface area (Å²) in [5.74, 6) is 0. The third-order valence-corrected chi connectivity index (χ3v) is 8.85. The van der Waals surface area contributed by atoms with Crippen molar-refractivity contribution in [1.29, 1.82) is 0 Å². The van der Waals surface area contributed by atoms with Crippen molar-refractivity contribution >= 4 is 49.7 Å². The molecule has 9 heteroatoms. The van der Waals surface area contributed by atoms with Crippen LogP contribution in [0.15, 0.2) is 78.2 Å². The highest BCUT2D eigenvalue weighted by atomic mass is 35.5. The number of sulfonamides is 1. The average Bonchev–Trinajstić information content (AvgIpc) is 3.17. The van der Waals surface area contributed by atoms with Gasteiger partial charge in [0.2, 0.25) is 10.0 Å².